The molecular formula is C16H23F2N3O. The fraction of sp³-hybridized carbons (Fsp3) is 0.750. The van der Waals surface area contributed by atoms with Gasteiger partial charge in [0.05, 0.1) is 5.69 Å². The van der Waals surface area contributed by atoms with Gasteiger partial charge >= 0.3 is 0 Å². The number of hydrogen-bond donors (Lipinski definition) is 1. The molecule has 0 unspecified atom stereocenters. The van der Waals surface area contributed by atoms with E-state index >= 15 is 0 Å². The Balaban J connectivity index is 1.58. The summed E-state index contributed by atoms with van der Waals surface area (Å²) < 4.78 is 29.0. The van der Waals surface area contributed by atoms with Crippen LogP contribution in [0.3, 0.4) is 0 Å². The smallest absolute Gasteiger partial charge is 0.248 e. The minimum atomic E-state index is -2.68. The Bertz CT molecular complexity index is 556. The van der Waals surface area contributed by atoms with Crippen LogP contribution in [0.5, 0.6) is 0 Å². The third kappa shape index (κ3) is 3.31. The van der Waals surface area contributed by atoms with E-state index in [2.05, 4.69) is 14.9 Å². The van der Waals surface area contributed by atoms with Gasteiger partial charge in [-0.25, -0.2) is 13.8 Å². The topological polar surface area (TPSA) is 46.9 Å². The van der Waals surface area contributed by atoms with Gasteiger partial charge in [-0.15, -0.1) is 0 Å². The Kier molecular flexibility index (Phi) is 4.19. The fourth-order valence-corrected chi connectivity index (χ4v) is 3.66. The molecule has 0 radical (unpaired) electrons. The molecular weight excluding hydrogens is 288 g/mol. The number of fused-ring (bicyclic) bond motifs is 1. The van der Waals surface area contributed by atoms with E-state index in [0.29, 0.717) is 19.4 Å². The summed E-state index contributed by atoms with van der Waals surface area (Å²) in [6.07, 6.45) is 4.68. The molecule has 0 aromatic carbocycles. The summed E-state index contributed by atoms with van der Waals surface area (Å²) in [4.78, 5) is 16.7. The van der Waals surface area contributed by atoms with Gasteiger partial charge in [-0.1, -0.05) is 0 Å². The standard InChI is InChI=1S/C16H23F2N3O/c1-11-10-21-7-3-5-13(14(21)20-11)9-19-15(22)12-4-2-6-16(17,18)8-12/h10,12-13H,2-9H2,1H3,(H,19,22)/t12-,13+/m0/s1. The summed E-state index contributed by atoms with van der Waals surface area (Å²) in [6, 6.07) is 0. The Morgan fingerprint density at radius 3 is 3.05 bits per heavy atom. The number of aryl methyl sites for hydroxylation is 2. The molecule has 1 aromatic rings. The maximum Gasteiger partial charge on any atom is 0.248 e. The lowest BCUT2D eigenvalue weighted by Gasteiger charge is -2.29. The third-order valence-corrected chi connectivity index (χ3v) is 4.78. The molecule has 1 aromatic heterocycles. The van der Waals surface area contributed by atoms with Crippen molar-refractivity contribution in [2.75, 3.05) is 6.54 Å². The van der Waals surface area contributed by atoms with Crippen molar-refractivity contribution in [2.24, 2.45) is 5.92 Å². The molecule has 3 rings (SSSR count). The number of nitrogens with one attached hydrogen (secondary N) is 1. The zero-order valence-electron chi connectivity index (χ0n) is 12.9. The van der Waals surface area contributed by atoms with Gasteiger partial charge in [0.25, 0.3) is 0 Å². The fourth-order valence-electron chi connectivity index (χ4n) is 3.66. The molecule has 0 saturated heterocycles. The Labute approximate surface area is 129 Å². The largest absolute Gasteiger partial charge is 0.355 e. The maximum atomic E-state index is 13.4. The number of imidazole rings is 1. The zero-order valence-corrected chi connectivity index (χ0v) is 12.9. The molecule has 1 aliphatic heterocycles. The van der Waals surface area contributed by atoms with Crippen LogP contribution in [0.2, 0.25) is 0 Å². The first kappa shape index (κ1) is 15.4. The highest BCUT2D eigenvalue weighted by Crippen LogP contribution is 2.36. The Morgan fingerprint density at radius 1 is 1.45 bits per heavy atom. The molecule has 4 nitrogen and oxygen atoms in total. The molecule has 22 heavy (non-hydrogen) atoms. The first-order valence-electron chi connectivity index (χ1n) is 8.14. The van der Waals surface area contributed by atoms with E-state index in [9.17, 15) is 13.6 Å². The van der Waals surface area contributed by atoms with Gasteiger partial charge in [-0.05, 0) is 32.6 Å². The zero-order chi connectivity index (χ0) is 15.7. The number of carbonyl (C=O) groups excluding carboxylic acids is 1. The second kappa shape index (κ2) is 5.97. The van der Waals surface area contributed by atoms with Gasteiger partial charge < -0.3 is 9.88 Å². The molecule has 6 heteroatoms. The van der Waals surface area contributed by atoms with Crippen LogP contribution in [0.15, 0.2) is 6.20 Å². The number of alkyl halides is 2. The highest BCUT2D eigenvalue weighted by atomic mass is 19.3. The average molecular weight is 311 g/mol. The van der Waals surface area contributed by atoms with Crippen LogP contribution in [0.1, 0.15) is 56.0 Å². The van der Waals surface area contributed by atoms with Crippen molar-refractivity contribution < 1.29 is 13.6 Å². The molecule has 1 saturated carbocycles. The van der Waals surface area contributed by atoms with Crippen LogP contribution < -0.4 is 5.32 Å². The predicted molar refractivity (Wildman–Crippen MR) is 78.9 cm³/mol. The molecule has 2 atom stereocenters. The molecule has 2 aliphatic rings. The van der Waals surface area contributed by atoms with Gasteiger partial charge in [-0.3, -0.25) is 4.79 Å². The van der Waals surface area contributed by atoms with Crippen LogP contribution in [0.25, 0.3) is 0 Å². The van der Waals surface area contributed by atoms with Crippen molar-refractivity contribution in [3.8, 4) is 0 Å². The summed E-state index contributed by atoms with van der Waals surface area (Å²) in [5.41, 5.74) is 0.986. The SMILES string of the molecule is Cc1cn2c(n1)[C@@H](CNC(=O)[C@H]1CCCC(F)(F)C1)CCC2. The molecule has 2 heterocycles. The Morgan fingerprint density at radius 2 is 2.27 bits per heavy atom. The van der Waals surface area contributed by atoms with Crippen molar-refractivity contribution in [1.82, 2.24) is 14.9 Å². The summed E-state index contributed by atoms with van der Waals surface area (Å²) in [5.74, 6) is -2.25. The van der Waals surface area contributed by atoms with E-state index in [1.165, 1.54) is 0 Å². The molecule has 1 amide bonds. The maximum absolute atomic E-state index is 13.4. The van der Waals surface area contributed by atoms with Gasteiger partial charge in [0.1, 0.15) is 5.82 Å². The van der Waals surface area contributed by atoms with Gasteiger partial charge in [0.15, 0.2) is 0 Å². The van der Waals surface area contributed by atoms with E-state index in [1.54, 1.807) is 0 Å². The lowest BCUT2D eigenvalue weighted by Crippen LogP contribution is -2.39. The number of halogens is 2. The quantitative estimate of drug-likeness (QED) is 0.933. The van der Waals surface area contributed by atoms with Crippen molar-refractivity contribution in [2.45, 2.75) is 63.8 Å². The van der Waals surface area contributed by atoms with Crippen molar-refractivity contribution in [1.29, 1.82) is 0 Å². The predicted octanol–water partition coefficient (Wildman–Crippen LogP) is 3.01. The number of aromatic nitrogens is 2. The summed E-state index contributed by atoms with van der Waals surface area (Å²) >= 11 is 0. The number of hydrogen-bond acceptors (Lipinski definition) is 2. The minimum Gasteiger partial charge on any atom is -0.355 e. The van der Waals surface area contributed by atoms with Crippen LogP contribution in [-0.4, -0.2) is 27.9 Å². The number of nitrogens with zero attached hydrogens (tertiary/aromatic N) is 2. The van der Waals surface area contributed by atoms with Crippen molar-refractivity contribution in [3.05, 3.63) is 17.7 Å². The molecule has 1 N–H and O–H groups in total. The average Bonchev–Trinajstić information content (AvgIpc) is 2.84. The van der Waals surface area contributed by atoms with Crippen LogP contribution in [0, 0.1) is 12.8 Å². The molecule has 1 aliphatic carbocycles. The second-order valence-corrected chi connectivity index (χ2v) is 6.67. The summed E-state index contributed by atoms with van der Waals surface area (Å²) in [5, 5.41) is 2.88. The molecule has 122 valence electrons. The lowest BCUT2D eigenvalue weighted by molar-refractivity contribution is -0.132. The van der Waals surface area contributed by atoms with Crippen molar-refractivity contribution in [3.63, 3.8) is 0 Å². The monoisotopic (exact) mass is 311 g/mol. The van der Waals surface area contributed by atoms with Crippen LogP contribution in [0.4, 0.5) is 8.78 Å². The second-order valence-electron chi connectivity index (χ2n) is 6.67. The van der Waals surface area contributed by atoms with Gasteiger partial charge in [0.2, 0.25) is 11.8 Å². The summed E-state index contributed by atoms with van der Waals surface area (Å²) in [6.45, 7) is 3.43. The highest BCUT2D eigenvalue weighted by molar-refractivity contribution is 5.78. The summed E-state index contributed by atoms with van der Waals surface area (Å²) in [7, 11) is 0. The molecule has 1 fully saturated rings. The van der Waals surface area contributed by atoms with Gasteiger partial charge in [0, 0.05) is 44.0 Å². The van der Waals surface area contributed by atoms with E-state index < -0.39 is 11.8 Å². The van der Waals surface area contributed by atoms with E-state index in [1.807, 2.05) is 13.1 Å². The normalized spacial score (nSPS) is 27.2. The number of amides is 1. The van der Waals surface area contributed by atoms with Crippen LogP contribution in [-0.2, 0) is 11.3 Å². The third-order valence-electron chi connectivity index (χ3n) is 4.78. The number of carbonyl (C=O) groups is 1. The van der Waals surface area contributed by atoms with Crippen molar-refractivity contribution >= 4 is 5.91 Å². The molecule has 0 spiro atoms. The lowest BCUT2D eigenvalue weighted by atomic mass is 9.86. The van der Waals surface area contributed by atoms with Gasteiger partial charge in [-0.2, -0.15) is 0 Å². The molecule has 0 bridgehead atoms. The van der Waals surface area contributed by atoms with E-state index in [4.69, 9.17) is 0 Å². The van der Waals surface area contributed by atoms with E-state index in [0.717, 1.165) is 30.9 Å². The number of rotatable bonds is 3. The van der Waals surface area contributed by atoms with Crippen LogP contribution >= 0.6 is 0 Å². The van der Waals surface area contributed by atoms with E-state index in [-0.39, 0.29) is 24.7 Å². The first-order valence-corrected chi connectivity index (χ1v) is 8.14. The minimum absolute atomic E-state index is 0.0872. The highest BCUT2D eigenvalue weighted by Gasteiger charge is 2.39. The Hall–Kier alpha value is -1.46. The first-order chi connectivity index (χ1) is 10.4.